The van der Waals surface area contributed by atoms with Gasteiger partial charge in [0, 0.05) is 19.3 Å². The quantitative estimate of drug-likeness (QED) is 0.914. The first kappa shape index (κ1) is 15.3. The molecular formula is C17H29N3. The highest BCUT2D eigenvalue weighted by atomic mass is 15.2. The van der Waals surface area contributed by atoms with E-state index in [1.807, 2.05) is 6.20 Å². The summed E-state index contributed by atoms with van der Waals surface area (Å²) in [5.74, 6) is 1.97. The minimum atomic E-state index is 0.185. The van der Waals surface area contributed by atoms with Gasteiger partial charge in [0.15, 0.2) is 0 Å². The molecule has 1 N–H and O–H groups in total. The van der Waals surface area contributed by atoms with Crippen LogP contribution in [-0.2, 0) is 5.41 Å². The molecule has 0 bridgehead atoms. The van der Waals surface area contributed by atoms with Crippen molar-refractivity contribution in [2.75, 3.05) is 31.1 Å². The molecule has 0 spiro atoms. The van der Waals surface area contributed by atoms with Crippen molar-refractivity contribution >= 4 is 5.82 Å². The van der Waals surface area contributed by atoms with E-state index < -0.39 is 0 Å². The zero-order chi connectivity index (χ0) is 14.6. The minimum Gasteiger partial charge on any atom is -0.357 e. The van der Waals surface area contributed by atoms with Gasteiger partial charge in [-0.15, -0.1) is 0 Å². The highest BCUT2D eigenvalue weighted by Crippen LogP contribution is 2.25. The van der Waals surface area contributed by atoms with Gasteiger partial charge in [0.1, 0.15) is 5.82 Å². The predicted molar refractivity (Wildman–Crippen MR) is 86.4 cm³/mol. The van der Waals surface area contributed by atoms with Crippen LogP contribution in [0, 0.1) is 5.92 Å². The van der Waals surface area contributed by atoms with Crippen molar-refractivity contribution < 1.29 is 0 Å². The summed E-state index contributed by atoms with van der Waals surface area (Å²) >= 11 is 0. The lowest BCUT2D eigenvalue weighted by atomic mass is 9.88. The highest BCUT2D eigenvalue weighted by Gasteiger charge is 2.20. The van der Waals surface area contributed by atoms with Gasteiger partial charge in [-0.1, -0.05) is 33.8 Å². The molecule has 2 heterocycles. The standard InChI is InChI=1S/C17H29N3/c1-5-18-12-14-8-10-20(11-9-14)16-7-6-15(13-19-16)17(2,3)4/h6-7,13-14,18H,5,8-12H2,1-4H3. The summed E-state index contributed by atoms with van der Waals surface area (Å²) in [6.45, 7) is 13.4. The Morgan fingerprint density at radius 1 is 1.25 bits per heavy atom. The van der Waals surface area contributed by atoms with Gasteiger partial charge in [0.2, 0.25) is 0 Å². The van der Waals surface area contributed by atoms with Crippen LogP contribution in [0.4, 0.5) is 5.82 Å². The Morgan fingerprint density at radius 3 is 2.45 bits per heavy atom. The van der Waals surface area contributed by atoms with Gasteiger partial charge in [-0.25, -0.2) is 4.98 Å². The van der Waals surface area contributed by atoms with Crippen molar-refractivity contribution in [3.05, 3.63) is 23.9 Å². The summed E-state index contributed by atoms with van der Waals surface area (Å²) in [5.41, 5.74) is 1.49. The van der Waals surface area contributed by atoms with E-state index in [2.05, 4.69) is 55.0 Å². The van der Waals surface area contributed by atoms with Crippen LogP contribution in [0.15, 0.2) is 18.3 Å². The summed E-state index contributed by atoms with van der Waals surface area (Å²) < 4.78 is 0. The summed E-state index contributed by atoms with van der Waals surface area (Å²) in [6, 6.07) is 4.41. The van der Waals surface area contributed by atoms with Gasteiger partial charge in [0.05, 0.1) is 0 Å². The number of aromatic nitrogens is 1. The fraction of sp³-hybridized carbons (Fsp3) is 0.706. The van der Waals surface area contributed by atoms with Crippen molar-refractivity contribution in [1.82, 2.24) is 10.3 Å². The van der Waals surface area contributed by atoms with Crippen molar-refractivity contribution in [3.63, 3.8) is 0 Å². The van der Waals surface area contributed by atoms with Crippen LogP contribution in [-0.4, -0.2) is 31.2 Å². The Morgan fingerprint density at radius 2 is 1.95 bits per heavy atom. The van der Waals surface area contributed by atoms with Crippen LogP contribution < -0.4 is 10.2 Å². The van der Waals surface area contributed by atoms with E-state index in [1.165, 1.54) is 24.9 Å². The molecule has 1 aliphatic heterocycles. The SMILES string of the molecule is CCNCC1CCN(c2ccc(C(C)(C)C)cn2)CC1. The second-order valence-corrected chi connectivity index (χ2v) is 6.89. The zero-order valence-electron chi connectivity index (χ0n) is 13.4. The van der Waals surface area contributed by atoms with Crippen molar-refractivity contribution in [2.24, 2.45) is 5.92 Å². The maximum Gasteiger partial charge on any atom is 0.128 e. The third kappa shape index (κ3) is 3.95. The molecule has 1 saturated heterocycles. The first-order valence-corrected chi connectivity index (χ1v) is 7.93. The van der Waals surface area contributed by atoms with Crippen molar-refractivity contribution in [3.8, 4) is 0 Å². The van der Waals surface area contributed by atoms with Gasteiger partial charge in [-0.05, 0) is 48.9 Å². The second kappa shape index (κ2) is 6.57. The Kier molecular flexibility index (Phi) is 5.03. The smallest absolute Gasteiger partial charge is 0.128 e. The normalized spacial score (nSPS) is 17.5. The number of nitrogens with zero attached hydrogens (tertiary/aromatic N) is 2. The monoisotopic (exact) mass is 275 g/mol. The molecule has 0 unspecified atom stereocenters. The van der Waals surface area contributed by atoms with E-state index in [0.29, 0.717) is 0 Å². The number of nitrogens with one attached hydrogen (secondary N) is 1. The lowest BCUT2D eigenvalue weighted by Gasteiger charge is -2.33. The van der Waals surface area contributed by atoms with Crippen LogP contribution in [0.25, 0.3) is 0 Å². The van der Waals surface area contributed by atoms with E-state index >= 15 is 0 Å². The minimum absolute atomic E-state index is 0.185. The molecule has 0 amide bonds. The molecule has 1 aliphatic rings. The van der Waals surface area contributed by atoms with E-state index in [4.69, 9.17) is 0 Å². The lowest BCUT2D eigenvalue weighted by molar-refractivity contribution is 0.385. The number of piperidine rings is 1. The molecule has 1 fully saturated rings. The molecule has 0 saturated carbocycles. The van der Waals surface area contributed by atoms with E-state index in [1.54, 1.807) is 0 Å². The van der Waals surface area contributed by atoms with Crippen LogP contribution in [0.1, 0.15) is 46.1 Å². The van der Waals surface area contributed by atoms with Gasteiger partial charge in [-0.3, -0.25) is 0 Å². The number of rotatable bonds is 4. The molecule has 112 valence electrons. The molecule has 3 heteroatoms. The van der Waals surface area contributed by atoms with Gasteiger partial charge < -0.3 is 10.2 Å². The third-order valence-corrected chi connectivity index (χ3v) is 4.24. The number of hydrogen-bond donors (Lipinski definition) is 1. The zero-order valence-corrected chi connectivity index (χ0v) is 13.4. The van der Waals surface area contributed by atoms with Crippen LogP contribution >= 0.6 is 0 Å². The average molecular weight is 275 g/mol. The van der Waals surface area contributed by atoms with E-state index in [0.717, 1.165) is 31.4 Å². The highest BCUT2D eigenvalue weighted by molar-refractivity contribution is 5.40. The maximum absolute atomic E-state index is 4.67. The van der Waals surface area contributed by atoms with Crippen LogP contribution in [0.3, 0.4) is 0 Å². The molecule has 0 atom stereocenters. The molecule has 2 rings (SSSR count). The Hall–Kier alpha value is -1.09. The Bertz CT molecular complexity index is 397. The van der Waals surface area contributed by atoms with E-state index in [9.17, 15) is 0 Å². The summed E-state index contributed by atoms with van der Waals surface area (Å²) in [5, 5.41) is 3.46. The second-order valence-electron chi connectivity index (χ2n) is 6.89. The Labute approximate surface area is 123 Å². The van der Waals surface area contributed by atoms with Gasteiger partial charge in [0.25, 0.3) is 0 Å². The topological polar surface area (TPSA) is 28.2 Å². The molecule has 0 aliphatic carbocycles. The first-order chi connectivity index (χ1) is 9.50. The van der Waals surface area contributed by atoms with Crippen molar-refractivity contribution in [1.29, 1.82) is 0 Å². The largest absolute Gasteiger partial charge is 0.357 e. The summed E-state index contributed by atoms with van der Waals surface area (Å²) in [7, 11) is 0. The average Bonchev–Trinajstić information content (AvgIpc) is 2.45. The molecule has 1 aromatic heterocycles. The van der Waals surface area contributed by atoms with Crippen molar-refractivity contribution in [2.45, 2.75) is 46.0 Å². The Balaban J connectivity index is 1.90. The molecular weight excluding hydrogens is 246 g/mol. The third-order valence-electron chi connectivity index (χ3n) is 4.24. The molecule has 0 aromatic carbocycles. The lowest BCUT2D eigenvalue weighted by Crippen LogP contribution is -2.37. The van der Waals surface area contributed by atoms with Gasteiger partial charge >= 0.3 is 0 Å². The number of anilines is 1. The molecule has 1 aromatic rings. The van der Waals surface area contributed by atoms with Crippen LogP contribution in [0.5, 0.6) is 0 Å². The predicted octanol–water partition coefficient (Wildman–Crippen LogP) is 3.21. The van der Waals surface area contributed by atoms with Crippen LogP contribution in [0.2, 0.25) is 0 Å². The fourth-order valence-corrected chi connectivity index (χ4v) is 2.73. The molecule has 20 heavy (non-hydrogen) atoms. The van der Waals surface area contributed by atoms with E-state index in [-0.39, 0.29) is 5.41 Å². The number of hydrogen-bond acceptors (Lipinski definition) is 3. The fourth-order valence-electron chi connectivity index (χ4n) is 2.73. The number of pyridine rings is 1. The molecule has 3 nitrogen and oxygen atoms in total. The first-order valence-electron chi connectivity index (χ1n) is 7.93. The van der Waals surface area contributed by atoms with Gasteiger partial charge in [-0.2, -0.15) is 0 Å². The maximum atomic E-state index is 4.67. The summed E-state index contributed by atoms with van der Waals surface area (Å²) in [6.07, 6.45) is 4.59. The molecule has 0 radical (unpaired) electrons. The summed E-state index contributed by atoms with van der Waals surface area (Å²) in [4.78, 5) is 7.09.